The molecule has 3 heterocycles. The van der Waals surface area contributed by atoms with Crippen molar-refractivity contribution in [2.24, 2.45) is 11.7 Å². The molecule has 1 atom stereocenters. The van der Waals surface area contributed by atoms with Crippen LogP contribution in [0.1, 0.15) is 35.4 Å². The monoisotopic (exact) mass is 367 g/mol. The number of pyridine rings is 2. The van der Waals surface area contributed by atoms with E-state index in [0.717, 1.165) is 57.0 Å². The van der Waals surface area contributed by atoms with Gasteiger partial charge in [-0.25, -0.2) is 4.79 Å². The predicted octanol–water partition coefficient (Wildman–Crippen LogP) is 2.89. The fraction of sp³-hybridized carbons (Fsp3) is 0.476. The van der Waals surface area contributed by atoms with Crippen LogP contribution in [-0.4, -0.2) is 45.4 Å². The van der Waals surface area contributed by atoms with Gasteiger partial charge in [0.2, 0.25) is 0 Å². The lowest BCUT2D eigenvalue weighted by Crippen LogP contribution is -2.45. The number of aryl methyl sites for hydroxylation is 2. The number of aromatic nitrogens is 2. The molecule has 144 valence electrons. The molecule has 1 unspecified atom stereocenters. The quantitative estimate of drug-likeness (QED) is 0.852. The summed E-state index contributed by atoms with van der Waals surface area (Å²) < 4.78 is 0. The van der Waals surface area contributed by atoms with Gasteiger partial charge in [0, 0.05) is 45.1 Å². The van der Waals surface area contributed by atoms with Gasteiger partial charge < -0.3 is 10.6 Å². The van der Waals surface area contributed by atoms with Gasteiger partial charge in [0.25, 0.3) is 0 Å². The standard InChI is InChI=1S/C21H29N5O/c1-16-6-3-9-23-19(16)14-25(15-20-17(2)7-4-10-24-20)12-18-8-5-11-26(13-18)21(22)27/h3-4,6-7,9-10,18H,5,8,11-15H2,1-2H3,(H2,22,27). The van der Waals surface area contributed by atoms with Gasteiger partial charge in [0.05, 0.1) is 11.4 Å². The van der Waals surface area contributed by atoms with Crippen LogP contribution in [-0.2, 0) is 13.1 Å². The van der Waals surface area contributed by atoms with Crippen LogP contribution >= 0.6 is 0 Å². The van der Waals surface area contributed by atoms with Crippen molar-refractivity contribution in [3.05, 3.63) is 59.2 Å². The third-order valence-electron chi connectivity index (χ3n) is 5.33. The van der Waals surface area contributed by atoms with Crippen molar-refractivity contribution in [2.75, 3.05) is 19.6 Å². The number of urea groups is 1. The van der Waals surface area contributed by atoms with Crippen LogP contribution in [0.2, 0.25) is 0 Å². The van der Waals surface area contributed by atoms with Crippen LogP contribution < -0.4 is 5.73 Å². The van der Waals surface area contributed by atoms with E-state index in [-0.39, 0.29) is 6.03 Å². The lowest BCUT2D eigenvalue weighted by atomic mass is 9.97. The number of amides is 2. The predicted molar refractivity (Wildman–Crippen MR) is 106 cm³/mol. The molecule has 27 heavy (non-hydrogen) atoms. The lowest BCUT2D eigenvalue weighted by molar-refractivity contribution is 0.136. The molecule has 0 radical (unpaired) electrons. The van der Waals surface area contributed by atoms with Gasteiger partial charge in [-0.1, -0.05) is 12.1 Å². The summed E-state index contributed by atoms with van der Waals surface area (Å²) >= 11 is 0. The van der Waals surface area contributed by atoms with E-state index in [0.29, 0.717) is 5.92 Å². The Morgan fingerprint density at radius 2 is 1.74 bits per heavy atom. The van der Waals surface area contributed by atoms with E-state index >= 15 is 0 Å². The third kappa shape index (κ3) is 5.26. The Hall–Kier alpha value is -2.47. The van der Waals surface area contributed by atoms with Gasteiger partial charge >= 0.3 is 6.03 Å². The number of piperidine rings is 1. The molecule has 1 fully saturated rings. The Morgan fingerprint density at radius 1 is 1.15 bits per heavy atom. The van der Waals surface area contributed by atoms with E-state index < -0.39 is 0 Å². The minimum atomic E-state index is -0.313. The molecule has 2 aromatic rings. The number of carbonyl (C=O) groups is 1. The van der Waals surface area contributed by atoms with Crippen LogP contribution in [0.15, 0.2) is 36.7 Å². The molecule has 0 aliphatic carbocycles. The summed E-state index contributed by atoms with van der Waals surface area (Å²) in [4.78, 5) is 24.9. The van der Waals surface area contributed by atoms with Crippen LogP contribution in [0.3, 0.4) is 0 Å². The summed E-state index contributed by atoms with van der Waals surface area (Å²) in [6.07, 6.45) is 5.82. The van der Waals surface area contributed by atoms with E-state index in [1.165, 1.54) is 11.1 Å². The minimum Gasteiger partial charge on any atom is -0.351 e. The van der Waals surface area contributed by atoms with E-state index in [1.807, 2.05) is 24.5 Å². The van der Waals surface area contributed by atoms with E-state index in [9.17, 15) is 4.79 Å². The first kappa shape index (κ1) is 19.3. The summed E-state index contributed by atoms with van der Waals surface area (Å²) in [7, 11) is 0. The minimum absolute atomic E-state index is 0.313. The first-order chi connectivity index (χ1) is 13.0. The van der Waals surface area contributed by atoms with Crippen LogP contribution in [0.4, 0.5) is 4.79 Å². The molecular formula is C21H29N5O. The van der Waals surface area contributed by atoms with Gasteiger partial charge in [-0.15, -0.1) is 0 Å². The molecule has 6 nitrogen and oxygen atoms in total. The van der Waals surface area contributed by atoms with Gasteiger partial charge in [-0.3, -0.25) is 14.9 Å². The van der Waals surface area contributed by atoms with E-state index in [1.54, 1.807) is 4.90 Å². The summed E-state index contributed by atoms with van der Waals surface area (Å²) in [5, 5.41) is 0. The zero-order chi connectivity index (χ0) is 19.2. The van der Waals surface area contributed by atoms with Crippen molar-refractivity contribution < 1.29 is 4.79 Å². The van der Waals surface area contributed by atoms with Gasteiger partial charge in [-0.05, 0) is 55.9 Å². The molecule has 0 spiro atoms. The molecule has 2 aromatic heterocycles. The number of carbonyl (C=O) groups excluding carboxylic acids is 1. The summed E-state index contributed by atoms with van der Waals surface area (Å²) in [6, 6.07) is 7.83. The van der Waals surface area contributed by atoms with Crippen LogP contribution in [0.25, 0.3) is 0 Å². The summed E-state index contributed by atoms with van der Waals surface area (Å²) in [5.41, 5.74) is 10.1. The molecule has 2 amide bonds. The molecule has 3 rings (SSSR count). The fourth-order valence-corrected chi connectivity index (χ4v) is 3.76. The Morgan fingerprint density at radius 3 is 2.26 bits per heavy atom. The van der Waals surface area contributed by atoms with Crippen LogP contribution in [0, 0.1) is 19.8 Å². The van der Waals surface area contributed by atoms with E-state index in [4.69, 9.17) is 5.73 Å². The highest BCUT2D eigenvalue weighted by Crippen LogP contribution is 2.20. The zero-order valence-corrected chi connectivity index (χ0v) is 16.3. The molecular weight excluding hydrogens is 338 g/mol. The number of nitrogens with zero attached hydrogens (tertiary/aromatic N) is 4. The Kier molecular flexibility index (Phi) is 6.40. The highest BCUT2D eigenvalue weighted by Gasteiger charge is 2.24. The number of likely N-dealkylation sites (tertiary alicyclic amines) is 1. The molecule has 0 aromatic carbocycles. The molecule has 1 aliphatic heterocycles. The maximum Gasteiger partial charge on any atom is 0.314 e. The van der Waals surface area contributed by atoms with Crippen molar-refractivity contribution in [3.63, 3.8) is 0 Å². The summed E-state index contributed by atoms with van der Waals surface area (Å²) in [5.74, 6) is 0.416. The average molecular weight is 367 g/mol. The number of hydrogen-bond acceptors (Lipinski definition) is 4. The first-order valence-electron chi connectivity index (χ1n) is 9.60. The normalized spacial score (nSPS) is 17.3. The number of nitrogens with two attached hydrogens (primary N) is 1. The maximum atomic E-state index is 11.6. The Labute approximate surface area is 161 Å². The zero-order valence-electron chi connectivity index (χ0n) is 16.3. The molecule has 0 bridgehead atoms. The maximum absolute atomic E-state index is 11.6. The number of hydrogen-bond donors (Lipinski definition) is 1. The van der Waals surface area contributed by atoms with E-state index in [2.05, 4.69) is 40.8 Å². The third-order valence-corrected chi connectivity index (χ3v) is 5.33. The smallest absolute Gasteiger partial charge is 0.314 e. The SMILES string of the molecule is Cc1cccnc1CN(Cc1ncccc1C)CC1CCCN(C(N)=O)C1. The number of primary amides is 1. The molecule has 1 saturated heterocycles. The largest absolute Gasteiger partial charge is 0.351 e. The molecule has 2 N–H and O–H groups in total. The van der Waals surface area contributed by atoms with Gasteiger partial charge in [-0.2, -0.15) is 0 Å². The first-order valence-corrected chi connectivity index (χ1v) is 9.60. The van der Waals surface area contributed by atoms with Gasteiger partial charge in [0.15, 0.2) is 0 Å². The second-order valence-corrected chi connectivity index (χ2v) is 7.50. The molecule has 0 saturated carbocycles. The Balaban J connectivity index is 1.75. The second-order valence-electron chi connectivity index (χ2n) is 7.50. The second kappa shape index (κ2) is 8.95. The van der Waals surface area contributed by atoms with Crippen molar-refractivity contribution in [1.29, 1.82) is 0 Å². The number of rotatable bonds is 6. The highest BCUT2D eigenvalue weighted by atomic mass is 16.2. The van der Waals surface area contributed by atoms with Crippen molar-refractivity contribution in [2.45, 2.75) is 39.8 Å². The average Bonchev–Trinajstić information content (AvgIpc) is 2.65. The van der Waals surface area contributed by atoms with Gasteiger partial charge in [0.1, 0.15) is 0 Å². The molecule has 6 heteroatoms. The highest BCUT2D eigenvalue weighted by molar-refractivity contribution is 5.72. The van der Waals surface area contributed by atoms with Crippen molar-refractivity contribution >= 4 is 6.03 Å². The molecule has 1 aliphatic rings. The topological polar surface area (TPSA) is 75.3 Å². The summed E-state index contributed by atoms with van der Waals surface area (Å²) in [6.45, 7) is 8.14. The lowest BCUT2D eigenvalue weighted by Gasteiger charge is -2.35. The van der Waals surface area contributed by atoms with Crippen LogP contribution in [0.5, 0.6) is 0 Å². The fourth-order valence-electron chi connectivity index (χ4n) is 3.76. The Bertz CT molecular complexity index is 731. The van der Waals surface area contributed by atoms with Crippen molar-refractivity contribution in [1.82, 2.24) is 19.8 Å². The van der Waals surface area contributed by atoms with Crippen molar-refractivity contribution in [3.8, 4) is 0 Å².